The smallest absolute Gasteiger partial charge is 0.351 e. The molecule has 102 valence electrons. The highest BCUT2D eigenvalue weighted by molar-refractivity contribution is 7.17. The summed E-state index contributed by atoms with van der Waals surface area (Å²) in [5, 5.41) is 1.11. The van der Waals surface area contributed by atoms with Crippen molar-refractivity contribution in [3.8, 4) is 10.8 Å². The van der Waals surface area contributed by atoms with Crippen molar-refractivity contribution >= 4 is 39.9 Å². The SMILES string of the molecule is COC(=O)c1sc(-c2cc3cc(F)ccc3o2)nc1Cl. The zero-order valence-corrected chi connectivity index (χ0v) is 11.7. The Balaban J connectivity index is 2.09. The summed E-state index contributed by atoms with van der Waals surface area (Å²) in [6.45, 7) is 0. The Morgan fingerprint density at radius 1 is 1.45 bits per heavy atom. The molecule has 7 heteroatoms. The van der Waals surface area contributed by atoms with Gasteiger partial charge in [-0.1, -0.05) is 11.6 Å². The fraction of sp³-hybridized carbons (Fsp3) is 0.0769. The number of halogens is 2. The second-order valence-corrected chi connectivity index (χ2v) is 5.28. The number of thiazole rings is 1. The zero-order valence-electron chi connectivity index (χ0n) is 10.1. The number of carbonyl (C=O) groups excluding carboxylic acids is 1. The maximum atomic E-state index is 13.1. The molecular weight excluding hydrogens is 305 g/mol. The van der Waals surface area contributed by atoms with Crippen molar-refractivity contribution < 1.29 is 18.3 Å². The van der Waals surface area contributed by atoms with E-state index in [0.717, 1.165) is 11.3 Å². The van der Waals surface area contributed by atoms with Crippen molar-refractivity contribution in [3.63, 3.8) is 0 Å². The van der Waals surface area contributed by atoms with E-state index in [9.17, 15) is 9.18 Å². The molecule has 0 saturated heterocycles. The van der Waals surface area contributed by atoms with Gasteiger partial charge in [0.1, 0.15) is 11.4 Å². The Kier molecular flexibility index (Phi) is 3.19. The molecule has 0 saturated carbocycles. The number of nitrogens with zero attached hydrogens (tertiary/aromatic N) is 1. The molecule has 0 bridgehead atoms. The third kappa shape index (κ3) is 2.17. The van der Waals surface area contributed by atoms with Gasteiger partial charge in [-0.25, -0.2) is 14.2 Å². The summed E-state index contributed by atoms with van der Waals surface area (Å²) in [5.41, 5.74) is 0.535. The van der Waals surface area contributed by atoms with Gasteiger partial charge in [0.2, 0.25) is 0 Å². The molecule has 3 rings (SSSR count). The molecule has 0 fully saturated rings. The third-order valence-electron chi connectivity index (χ3n) is 2.65. The average Bonchev–Trinajstić information content (AvgIpc) is 3.00. The summed E-state index contributed by atoms with van der Waals surface area (Å²) in [5.74, 6) is -0.481. The highest BCUT2D eigenvalue weighted by Gasteiger charge is 2.20. The molecule has 2 aromatic heterocycles. The van der Waals surface area contributed by atoms with Crippen LogP contribution >= 0.6 is 22.9 Å². The maximum Gasteiger partial charge on any atom is 0.351 e. The van der Waals surface area contributed by atoms with E-state index < -0.39 is 5.97 Å². The van der Waals surface area contributed by atoms with Crippen LogP contribution in [0, 0.1) is 5.82 Å². The first kappa shape index (κ1) is 13.1. The normalized spacial score (nSPS) is 10.9. The molecule has 0 unspecified atom stereocenters. The van der Waals surface area contributed by atoms with Gasteiger partial charge in [0.05, 0.1) is 7.11 Å². The Morgan fingerprint density at radius 3 is 3.00 bits per heavy atom. The van der Waals surface area contributed by atoms with Crippen LogP contribution in [0.25, 0.3) is 21.7 Å². The first-order valence-corrected chi connectivity index (χ1v) is 6.72. The van der Waals surface area contributed by atoms with Crippen LogP contribution < -0.4 is 0 Å². The lowest BCUT2D eigenvalue weighted by atomic mass is 10.2. The van der Waals surface area contributed by atoms with E-state index in [1.165, 1.54) is 25.3 Å². The largest absolute Gasteiger partial charge is 0.465 e. The van der Waals surface area contributed by atoms with Gasteiger partial charge >= 0.3 is 5.97 Å². The van der Waals surface area contributed by atoms with Crippen LogP contribution in [0.15, 0.2) is 28.7 Å². The highest BCUT2D eigenvalue weighted by Crippen LogP contribution is 2.34. The fourth-order valence-corrected chi connectivity index (χ4v) is 2.90. The predicted molar refractivity (Wildman–Crippen MR) is 73.6 cm³/mol. The van der Waals surface area contributed by atoms with Gasteiger partial charge in [0.15, 0.2) is 20.8 Å². The number of ether oxygens (including phenoxy) is 1. The first-order chi connectivity index (χ1) is 9.58. The van der Waals surface area contributed by atoms with Crippen LogP contribution in [0.4, 0.5) is 4.39 Å². The molecule has 2 heterocycles. The number of methoxy groups -OCH3 is 1. The number of benzene rings is 1. The van der Waals surface area contributed by atoms with Crippen LogP contribution in [0.5, 0.6) is 0 Å². The molecule has 0 aliphatic carbocycles. The molecule has 0 atom stereocenters. The molecule has 3 aromatic rings. The number of carbonyl (C=O) groups is 1. The number of esters is 1. The van der Waals surface area contributed by atoms with Crippen LogP contribution in [0.3, 0.4) is 0 Å². The Bertz CT molecular complexity index is 811. The van der Waals surface area contributed by atoms with Gasteiger partial charge in [-0.3, -0.25) is 0 Å². The Morgan fingerprint density at radius 2 is 2.25 bits per heavy atom. The average molecular weight is 312 g/mol. The van der Waals surface area contributed by atoms with E-state index in [2.05, 4.69) is 9.72 Å². The maximum absolute atomic E-state index is 13.1. The van der Waals surface area contributed by atoms with Crippen LogP contribution in [0.2, 0.25) is 5.15 Å². The quantitative estimate of drug-likeness (QED) is 0.668. The van der Waals surface area contributed by atoms with Gasteiger partial charge in [0.25, 0.3) is 0 Å². The minimum absolute atomic E-state index is 0.0588. The number of hydrogen-bond donors (Lipinski definition) is 0. The molecule has 4 nitrogen and oxygen atoms in total. The lowest BCUT2D eigenvalue weighted by Gasteiger charge is -1.92. The van der Waals surface area contributed by atoms with Crippen molar-refractivity contribution in [3.05, 3.63) is 40.1 Å². The van der Waals surface area contributed by atoms with Crippen LogP contribution in [-0.2, 0) is 4.74 Å². The summed E-state index contributed by atoms with van der Waals surface area (Å²) in [6.07, 6.45) is 0. The topological polar surface area (TPSA) is 52.3 Å². The van der Waals surface area contributed by atoms with Crippen molar-refractivity contribution in [2.75, 3.05) is 7.11 Å². The van der Waals surface area contributed by atoms with Crippen molar-refractivity contribution in [1.82, 2.24) is 4.98 Å². The van der Waals surface area contributed by atoms with Crippen LogP contribution in [0.1, 0.15) is 9.67 Å². The number of fused-ring (bicyclic) bond motifs is 1. The second kappa shape index (κ2) is 4.88. The first-order valence-electron chi connectivity index (χ1n) is 5.52. The van der Waals surface area contributed by atoms with E-state index in [0.29, 0.717) is 21.7 Å². The molecule has 20 heavy (non-hydrogen) atoms. The molecule has 0 N–H and O–H groups in total. The summed E-state index contributed by atoms with van der Waals surface area (Å²) in [6, 6.07) is 5.85. The molecule has 1 aromatic carbocycles. The summed E-state index contributed by atoms with van der Waals surface area (Å²) < 4.78 is 23.3. The molecule has 0 aliphatic heterocycles. The van der Waals surface area contributed by atoms with Gasteiger partial charge in [0, 0.05) is 5.39 Å². The fourth-order valence-electron chi connectivity index (χ4n) is 1.75. The summed E-state index contributed by atoms with van der Waals surface area (Å²) in [4.78, 5) is 15.7. The monoisotopic (exact) mass is 311 g/mol. The van der Waals surface area contributed by atoms with Crippen LogP contribution in [-0.4, -0.2) is 18.1 Å². The molecule has 0 aliphatic rings. The van der Waals surface area contributed by atoms with Gasteiger partial charge < -0.3 is 9.15 Å². The lowest BCUT2D eigenvalue weighted by Crippen LogP contribution is -1.98. The highest BCUT2D eigenvalue weighted by atomic mass is 35.5. The molecule has 0 radical (unpaired) electrons. The van der Waals surface area contributed by atoms with Gasteiger partial charge in [-0.15, -0.1) is 11.3 Å². The predicted octanol–water partition coefficient (Wildman–Crippen LogP) is 4.14. The van der Waals surface area contributed by atoms with E-state index in [4.69, 9.17) is 16.0 Å². The van der Waals surface area contributed by atoms with Crippen molar-refractivity contribution in [1.29, 1.82) is 0 Å². The van der Waals surface area contributed by atoms with Crippen molar-refractivity contribution in [2.24, 2.45) is 0 Å². The minimum Gasteiger partial charge on any atom is -0.465 e. The zero-order chi connectivity index (χ0) is 14.3. The number of rotatable bonds is 2. The van der Waals surface area contributed by atoms with E-state index in [1.54, 1.807) is 6.07 Å². The number of aromatic nitrogens is 1. The third-order valence-corrected chi connectivity index (χ3v) is 4.08. The number of hydrogen-bond acceptors (Lipinski definition) is 5. The van der Waals surface area contributed by atoms with E-state index in [-0.39, 0.29) is 15.8 Å². The molecule has 0 spiro atoms. The molecule has 0 amide bonds. The summed E-state index contributed by atoms with van der Waals surface area (Å²) >= 11 is 6.95. The van der Waals surface area contributed by atoms with E-state index >= 15 is 0 Å². The van der Waals surface area contributed by atoms with Gasteiger partial charge in [-0.05, 0) is 24.3 Å². The second-order valence-electron chi connectivity index (χ2n) is 3.92. The van der Waals surface area contributed by atoms with Gasteiger partial charge in [-0.2, -0.15) is 0 Å². The Labute approximate surface area is 121 Å². The number of furan rings is 1. The van der Waals surface area contributed by atoms with Crippen molar-refractivity contribution in [2.45, 2.75) is 0 Å². The summed E-state index contributed by atoms with van der Waals surface area (Å²) in [7, 11) is 1.27. The van der Waals surface area contributed by atoms with E-state index in [1.807, 2.05) is 0 Å². The minimum atomic E-state index is -0.555. The molecular formula is C13H7ClFNO3S. The lowest BCUT2D eigenvalue weighted by molar-refractivity contribution is 0.0606. The standard InChI is InChI=1S/C13H7ClFNO3S/c1-18-13(17)10-11(14)16-12(20-10)9-5-6-4-7(15)2-3-8(6)19-9/h2-5H,1H3. The Hall–Kier alpha value is -1.92.